The summed E-state index contributed by atoms with van der Waals surface area (Å²) in [5.74, 6) is 1.43. The molecule has 3 heteroatoms. The van der Waals surface area contributed by atoms with Crippen LogP contribution in [0.5, 0.6) is 5.75 Å². The van der Waals surface area contributed by atoms with Crippen molar-refractivity contribution in [1.29, 1.82) is 0 Å². The summed E-state index contributed by atoms with van der Waals surface area (Å²) in [5.41, 5.74) is 14.3. The van der Waals surface area contributed by atoms with Crippen LogP contribution in [0.25, 0.3) is 11.1 Å². The molecule has 31 heavy (non-hydrogen) atoms. The van der Waals surface area contributed by atoms with Crippen LogP contribution in [0.3, 0.4) is 0 Å². The maximum Gasteiger partial charge on any atom is 0.127 e. The molecule has 1 saturated carbocycles. The summed E-state index contributed by atoms with van der Waals surface area (Å²) in [5, 5.41) is 0. The Labute approximate surface area is 192 Å². The molecule has 0 saturated heterocycles. The van der Waals surface area contributed by atoms with Gasteiger partial charge in [-0.2, -0.15) is 0 Å². The second-order valence-electron chi connectivity index (χ2n) is 7.48. The van der Waals surface area contributed by atoms with Gasteiger partial charge in [0.1, 0.15) is 5.75 Å². The first-order valence-corrected chi connectivity index (χ1v) is 11.3. The first-order chi connectivity index (χ1) is 14.6. The predicted octanol–water partition coefficient (Wildman–Crippen LogP) is 8.24. The van der Waals surface area contributed by atoms with Crippen molar-refractivity contribution in [3.8, 4) is 16.9 Å². The monoisotopic (exact) mass is 425 g/mol. The van der Waals surface area contributed by atoms with Crippen LogP contribution in [0.15, 0.2) is 60.5 Å². The molecule has 2 aromatic carbocycles. The van der Waals surface area contributed by atoms with Crippen molar-refractivity contribution in [2.24, 2.45) is 5.73 Å². The number of ether oxygens (including phenoxy) is 1. The standard InChI is InChI=1S/C24H29NO.C2H6.C2H5.H3N.H2/c1-4-19(25)15-18-13-14-24(26-20-9-5-6-10-20)23(16-18)22-12-8-7-11-21(22)17(2)3;2*1-2;;/h7-8,11-14,16-17,20H,1,5-6,9-10,15,25H2,2-3H3;1-2H3;1H2,2H3;1H3;1H. The van der Waals surface area contributed by atoms with Crippen molar-refractivity contribution >= 4 is 0 Å². The molecule has 0 heterocycles. The molecule has 3 rings (SSSR count). The lowest BCUT2D eigenvalue weighted by atomic mass is 9.91. The molecule has 0 aliphatic heterocycles. The van der Waals surface area contributed by atoms with Gasteiger partial charge in [0.25, 0.3) is 0 Å². The van der Waals surface area contributed by atoms with E-state index in [1.807, 2.05) is 13.8 Å². The Morgan fingerprint density at radius 1 is 1.10 bits per heavy atom. The maximum absolute atomic E-state index is 6.42. The lowest BCUT2D eigenvalue weighted by Gasteiger charge is -2.20. The highest BCUT2D eigenvalue weighted by atomic mass is 16.5. The van der Waals surface area contributed by atoms with Crippen LogP contribution < -0.4 is 16.6 Å². The molecule has 0 bridgehead atoms. The fraction of sp³-hybridized carbons (Fsp3) is 0.429. The van der Waals surface area contributed by atoms with E-state index in [0.29, 0.717) is 24.1 Å². The number of hydrogen-bond acceptors (Lipinski definition) is 3. The van der Waals surface area contributed by atoms with E-state index in [1.54, 1.807) is 6.92 Å². The van der Waals surface area contributed by atoms with Gasteiger partial charge in [-0.3, -0.25) is 0 Å². The molecule has 173 valence electrons. The second kappa shape index (κ2) is 15.3. The van der Waals surface area contributed by atoms with Crippen LogP contribution in [-0.4, -0.2) is 6.10 Å². The van der Waals surface area contributed by atoms with E-state index in [4.69, 9.17) is 10.5 Å². The van der Waals surface area contributed by atoms with Gasteiger partial charge < -0.3 is 16.6 Å². The fourth-order valence-corrected chi connectivity index (χ4v) is 3.71. The molecule has 1 radical (unpaired) electrons. The Balaban J connectivity index is 0. The van der Waals surface area contributed by atoms with Crippen molar-refractivity contribution in [3.63, 3.8) is 0 Å². The normalized spacial score (nSPS) is 12.5. The minimum atomic E-state index is 0. The van der Waals surface area contributed by atoms with Gasteiger partial charge in [-0.15, -0.1) is 5.73 Å². The lowest BCUT2D eigenvalue weighted by molar-refractivity contribution is 0.211. The van der Waals surface area contributed by atoms with Gasteiger partial charge in [-0.1, -0.05) is 78.5 Å². The van der Waals surface area contributed by atoms with Crippen molar-refractivity contribution in [3.05, 3.63) is 78.5 Å². The summed E-state index contributed by atoms with van der Waals surface area (Å²) in [4.78, 5) is 0. The van der Waals surface area contributed by atoms with E-state index in [9.17, 15) is 0 Å². The van der Waals surface area contributed by atoms with E-state index in [2.05, 4.69) is 75.5 Å². The largest absolute Gasteiger partial charge is 0.490 e. The summed E-state index contributed by atoms with van der Waals surface area (Å²) in [7, 11) is 0. The Hall–Kier alpha value is -2.48. The number of allylic oxidation sites excluding steroid dienone is 1. The highest BCUT2D eigenvalue weighted by Crippen LogP contribution is 2.38. The molecule has 0 amide bonds. The first kappa shape index (κ1) is 28.5. The molecule has 2 aromatic rings. The SMILES string of the molecule is C=C=C(N)Cc1ccc(OC2CCCC2)c(-c2ccccc2C(C)C)c1.CC.N.[CH2]C.[HH]. The van der Waals surface area contributed by atoms with Crippen LogP contribution in [0, 0.1) is 6.92 Å². The fourth-order valence-electron chi connectivity index (χ4n) is 3.71. The quantitative estimate of drug-likeness (QED) is 0.458. The molecule has 3 nitrogen and oxygen atoms in total. The highest BCUT2D eigenvalue weighted by Gasteiger charge is 2.20. The number of hydrogen-bond donors (Lipinski definition) is 2. The van der Waals surface area contributed by atoms with Gasteiger partial charge in [-0.25, -0.2) is 0 Å². The number of rotatable bonds is 6. The Bertz CT molecular complexity index is 820. The van der Waals surface area contributed by atoms with Crippen LogP contribution in [0.1, 0.15) is 78.8 Å². The molecule has 5 N–H and O–H groups in total. The van der Waals surface area contributed by atoms with Crippen LogP contribution in [0.4, 0.5) is 0 Å². The summed E-state index contributed by atoms with van der Waals surface area (Å²) in [6.45, 7) is 17.1. The molecular weight excluding hydrogens is 380 g/mol. The lowest BCUT2D eigenvalue weighted by Crippen LogP contribution is -2.12. The van der Waals surface area contributed by atoms with Gasteiger partial charge in [0, 0.05) is 13.4 Å². The highest BCUT2D eigenvalue weighted by molar-refractivity contribution is 5.74. The third kappa shape index (κ3) is 8.28. The zero-order valence-corrected chi connectivity index (χ0v) is 20.3. The zero-order valence-electron chi connectivity index (χ0n) is 20.3. The molecule has 0 aromatic heterocycles. The summed E-state index contributed by atoms with van der Waals surface area (Å²) >= 11 is 0. The Morgan fingerprint density at radius 3 is 2.29 bits per heavy atom. The van der Waals surface area contributed by atoms with E-state index >= 15 is 0 Å². The van der Waals surface area contributed by atoms with Crippen LogP contribution >= 0.6 is 0 Å². The average Bonchev–Trinajstić information content (AvgIpc) is 3.30. The minimum absolute atomic E-state index is 0. The topological polar surface area (TPSA) is 70.2 Å². The van der Waals surface area contributed by atoms with Gasteiger partial charge in [0.05, 0.1) is 11.8 Å². The van der Waals surface area contributed by atoms with E-state index in [-0.39, 0.29) is 7.58 Å². The Kier molecular flexibility index (Phi) is 14.1. The van der Waals surface area contributed by atoms with Crippen molar-refractivity contribution < 1.29 is 6.16 Å². The molecular formula is C28H45N2O. The first-order valence-electron chi connectivity index (χ1n) is 11.3. The van der Waals surface area contributed by atoms with Gasteiger partial charge in [0.2, 0.25) is 0 Å². The Morgan fingerprint density at radius 2 is 1.71 bits per heavy atom. The second-order valence-corrected chi connectivity index (χ2v) is 7.48. The zero-order chi connectivity index (χ0) is 22.5. The summed E-state index contributed by atoms with van der Waals surface area (Å²) in [6.07, 6.45) is 5.83. The smallest absolute Gasteiger partial charge is 0.127 e. The molecule has 0 unspecified atom stereocenters. The summed E-state index contributed by atoms with van der Waals surface area (Å²) < 4.78 is 6.42. The van der Waals surface area contributed by atoms with Crippen molar-refractivity contribution in [2.45, 2.75) is 78.7 Å². The van der Waals surface area contributed by atoms with E-state index in [1.165, 1.54) is 24.0 Å². The van der Waals surface area contributed by atoms with Crippen molar-refractivity contribution in [2.75, 3.05) is 0 Å². The number of nitrogens with two attached hydrogens (primary N) is 1. The molecule has 1 aliphatic carbocycles. The third-order valence-corrected chi connectivity index (χ3v) is 5.13. The molecule has 1 fully saturated rings. The summed E-state index contributed by atoms with van der Waals surface area (Å²) in [6, 6.07) is 15.1. The van der Waals surface area contributed by atoms with Crippen LogP contribution in [0.2, 0.25) is 0 Å². The molecule has 1 aliphatic rings. The van der Waals surface area contributed by atoms with Gasteiger partial charge in [-0.05, 0) is 60.4 Å². The van der Waals surface area contributed by atoms with Crippen LogP contribution in [-0.2, 0) is 6.42 Å². The van der Waals surface area contributed by atoms with Gasteiger partial charge >= 0.3 is 0 Å². The average molecular weight is 426 g/mol. The predicted molar refractivity (Wildman–Crippen MR) is 139 cm³/mol. The van der Waals surface area contributed by atoms with E-state index in [0.717, 1.165) is 29.7 Å². The maximum atomic E-state index is 6.42. The minimum Gasteiger partial charge on any atom is -0.490 e. The van der Waals surface area contributed by atoms with E-state index < -0.39 is 0 Å². The molecule has 0 spiro atoms. The number of benzene rings is 2. The third-order valence-electron chi connectivity index (χ3n) is 5.13. The van der Waals surface area contributed by atoms with Crippen molar-refractivity contribution in [1.82, 2.24) is 6.15 Å². The molecule has 0 atom stereocenters. The van der Waals surface area contributed by atoms with Gasteiger partial charge in [0.15, 0.2) is 0 Å².